The van der Waals surface area contributed by atoms with Gasteiger partial charge in [0.15, 0.2) is 15.5 Å². The maximum atomic E-state index is 13.8. The fourth-order valence-corrected chi connectivity index (χ4v) is 7.12. The third kappa shape index (κ3) is 5.03. The molecule has 17 heteroatoms. The number of sulfone groups is 1. The van der Waals surface area contributed by atoms with Crippen molar-refractivity contribution in [2.45, 2.75) is 66.2 Å². The monoisotopic (exact) mass is 623 g/mol. The summed E-state index contributed by atoms with van der Waals surface area (Å²) in [6.45, 7) is -0.733. The standard InChI is InChI=1S/C24H20ClF6N5O4S/c25-15-9-13(36-8-3-18(34-36)23(26,27)28)1-2-17(15)41(39,40)14-10-16(19(37)33-21(12-32)4-5-21)35(11-14)20(38)22(6-7-22)24(29,30)31/h1-3,8-9,14,16H,4-7,10-11H2,(H,33,37)/t14-,16+/m1/s1. The lowest BCUT2D eigenvalue weighted by Gasteiger charge is -2.29. The fourth-order valence-electron chi connectivity index (χ4n) is 4.88. The molecule has 1 aliphatic heterocycles. The third-order valence-electron chi connectivity index (χ3n) is 7.66. The van der Waals surface area contributed by atoms with Crippen molar-refractivity contribution < 1.29 is 44.3 Å². The highest BCUT2D eigenvalue weighted by Gasteiger charge is 2.70. The van der Waals surface area contributed by atoms with Crippen LogP contribution in [-0.4, -0.2) is 64.5 Å². The van der Waals surface area contributed by atoms with Crippen molar-refractivity contribution in [1.29, 1.82) is 5.26 Å². The van der Waals surface area contributed by atoms with Gasteiger partial charge in [-0.1, -0.05) is 11.6 Å². The molecule has 2 aromatic rings. The van der Waals surface area contributed by atoms with E-state index >= 15 is 0 Å². The van der Waals surface area contributed by atoms with Crippen LogP contribution in [0.4, 0.5) is 26.3 Å². The normalized spacial score (nSPS) is 23.1. The lowest BCUT2D eigenvalue weighted by molar-refractivity contribution is -0.199. The van der Waals surface area contributed by atoms with E-state index in [0.717, 1.165) is 29.1 Å². The van der Waals surface area contributed by atoms with E-state index < -0.39 is 97.7 Å². The van der Waals surface area contributed by atoms with Gasteiger partial charge in [-0.3, -0.25) is 9.59 Å². The number of hydrogen-bond acceptors (Lipinski definition) is 6. The number of alkyl halides is 6. The van der Waals surface area contributed by atoms with E-state index in [1.165, 1.54) is 0 Å². The quantitative estimate of drug-likeness (QED) is 0.488. The highest BCUT2D eigenvalue weighted by Crippen LogP contribution is 2.59. The van der Waals surface area contributed by atoms with E-state index in [-0.39, 0.29) is 5.69 Å². The maximum Gasteiger partial charge on any atom is 0.435 e. The Morgan fingerprint density at radius 3 is 2.24 bits per heavy atom. The summed E-state index contributed by atoms with van der Waals surface area (Å²) in [6, 6.07) is 4.22. The number of carbonyl (C=O) groups excluding carboxylic acids is 2. The number of amides is 2. The minimum absolute atomic E-state index is 0.00276. The predicted octanol–water partition coefficient (Wildman–Crippen LogP) is 3.80. The summed E-state index contributed by atoms with van der Waals surface area (Å²) in [7, 11) is -4.48. The molecule has 2 amide bonds. The van der Waals surface area contributed by atoms with E-state index in [4.69, 9.17) is 11.6 Å². The summed E-state index contributed by atoms with van der Waals surface area (Å²) in [4.78, 5) is 26.3. The Balaban J connectivity index is 1.44. The second-order valence-corrected chi connectivity index (χ2v) is 13.0. The maximum absolute atomic E-state index is 13.8. The number of aromatic nitrogens is 2. The number of nitriles is 1. The first-order valence-electron chi connectivity index (χ1n) is 12.2. The van der Waals surface area contributed by atoms with Crippen LogP contribution in [0, 0.1) is 16.7 Å². The first-order valence-corrected chi connectivity index (χ1v) is 14.1. The molecule has 0 bridgehead atoms. The molecular formula is C24H20ClF6N5O4S. The predicted molar refractivity (Wildman–Crippen MR) is 128 cm³/mol. The Hall–Kier alpha value is -3.32. The number of rotatable bonds is 6. The summed E-state index contributed by atoms with van der Waals surface area (Å²) < 4.78 is 108. The second kappa shape index (κ2) is 9.35. The van der Waals surface area contributed by atoms with Gasteiger partial charge >= 0.3 is 12.4 Å². The Labute approximate surface area is 233 Å². The van der Waals surface area contributed by atoms with Gasteiger partial charge in [0, 0.05) is 12.7 Å². The number of benzene rings is 1. The fraction of sp³-hybridized carbons (Fsp3) is 0.500. The van der Waals surface area contributed by atoms with Gasteiger partial charge in [-0.05, 0) is 56.4 Å². The lowest BCUT2D eigenvalue weighted by atomic mass is 10.0. The highest BCUT2D eigenvalue weighted by atomic mass is 35.5. The zero-order chi connectivity index (χ0) is 30.2. The zero-order valence-corrected chi connectivity index (χ0v) is 22.3. The molecule has 1 N–H and O–H groups in total. The molecule has 0 radical (unpaired) electrons. The van der Waals surface area contributed by atoms with Crippen LogP contribution in [-0.2, 0) is 25.6 Å². The molecule has 1 aromatic carbocycles. The number of nitrogens with one attached hydrogen (secondary N) is 1. The number of likely N-dealkylation sites (tertiary alicyclic amines) is 1. The number of carbonyl (C=O) groups is 2. The van der Waals surface area contributed by atoms with Crippen molar-refractivity contribution in [2.24, 2.45) is 5.41 Å². The topological polar surface area (TPSA) is 125 Å². The van der Waals surface area contributed by atoms with Crippen molar-refractivity contribution in [2.75, 3.05) is 6.54 Å². The molecule has 2 heterocycles. The van der Waals surface area contributed by atoms with E-state index in [9.17, 15) is 49.6 Å². The van der Waals surface area contributed by atoms with Crippen molar-refractivity contribution in [1.82, 2.24) is 20.0 Å². The molecule has 3 aliphatic rings. The van der Waals surface area contributed by atoms with E-state index in [1.807, 2.05) is 6.07 Å². The van der Waals surface area contributed by atoms with Crippen molar-refractivity contribution >= 4 is 33.3 Å². The highest BCUT2D eigenvalue weighted by molar-refractivity contribution is 7.92. The number of hydrogen-bond donors (Lipinski definition) is 1. The van der Waals surface area contributed by atoms with Crippen LogP contribution in [0.5, 0.6) is 0 Å². The van der Waals surface area contributed by atoms with E-state index in [1.54, 1.807) is 0 Å². The van der Waals surface area contributed by atoms with Gasteiger partial charge in [0.1, 0.15) is 17.0 Å². The molecule has 0 unspecified atom stereocenters. The molecule has 2 aliphatic carbocycles. The van der Waals surface area contributed by atoms with Gasteiger partial charge in [0.05, 0.1) is 26.9 Å². The van der Waals surface area contributed by atoms with Crippen LogP contribution in [0.3, 0.4) is 0 Å². The molecule has 9 nitrogen and oxygen atoms in total. The van der Waals surface area contributed by atoms with Gasteiger partial charge in [-0.2, -0.15) is 36.7 Å². The number of halogens is 7. The average Bonchev–Trinajstić information content (AvgIpc) is 3.74. The third-order valence-corrected chi connectivity index (χ3v) is 10.3. The first-order chi connectivity index (χ1) is 18.9. The van der Waals surface area contributed by atoms with Crippen LogP contribution < -0.4 is 5.32 Å². The van der Waals surface area contributed by atoms with Crippen molar-refractivity contribution in [3.63, 3.8) is 0 Å². The molecule has 3 fully saturated rings. The largest absolute Gasteiger partial charge is 0.435 e. The van der Waals surface area contributed by atoms with Gasteiger partial charge in [-0.25, -0.2) is 13.1 Å². The van der Waals surface area contributed by atoms with Crippen LogP contribution in [0.2, 0.25) is 5.02 Å². The van der Waals surface area contributed by atoms with Crippen LogP contribution >= 0.6 is 11.6 Å². The molecule has 2 atom stereocenters. The van der Waals surface area contributed by atoms with E-state index in [2.05, 4.69) is 10.4 Å². The Morgan fingerprint density at radius 2 is 1.76 bits per heavy atom. The molecule has 5 rings (SSSR count). The molecule has 0 spiro atoms. The van der Waals surface area contributed by atoms with Crippen LogP contribution in [0.25, 0.3) is 5.69 Å². The smallest absolute Gasteiger partial charge is 0.336 e. The van der Waals surface area contributed by atoms with Crippen molar-refractivity contribution in [3.8, 4) is 11.8 Å². The Kier molecular flexibility index (Phi) is 6.65. The van der Waals surface area contributed by atoms with Crippen LogP contribution in [0.1, 0.15) is 37.8 Å². The van der Waals surface area contributed by atoms with Gasteiger partial charge in [0.2, 0.25) is 11.8 Å². The minimum Gasteiger partial charge on any atom is -0.336 e. The summed E-state index contributed by atoms with van der Waals surface area (Å²) in [5.41, 5.74) is -5.13. The number of nitrogens with zero attached hydrogens (tertiary/aromatic N) is 4. The Bertz CT molecular complexity index is 1570. The first kappa shape index (κ1) is 29.2. The summed E-state index contributed by atoms with van der Waals surface area (Å²) in [6.07, 6.45) is -9.60. The zero-order valence-electron chi connectivity index (χ0n) is 20.8. The average molecular weight is 624 g/mol. The van der Waals surface area contributed by atoms with Crippen LogP contribution in [0.15, 0.2) is 35.4 Å². The van der Waals surface area contributed by atoms with Gasteiger partial charge in [-0.15, -0.1) is 0 Å². The molecule has 1 saturated heterocycles. The minimum atomic E-state index is -4.91. The summed E-state index contributed by atoms with van der Waals surface area (Å²) in [5.74, 6) is -2.35. The molecule has 41 heavy (non-hydrogen) atoms. The molecule has 220 valence electrons. The molecular weight excluding hydrogens is 604 g/mol. The van der Waals surface area contributed by atoms with E-state index in [0.29, 0.717) is 23.8 Å². The van der Waals surface area contributed by atoms with Crippen molar-refractivity contribution in [3.05, 3.63) is 41.2 Å². The second-order valence-electron chi connectivity index (χ2n) is 10.4. The van der Waals surface area contributed by atoms with Gasteiger partial charge < -0.3 is 10.2 Å². The Morgan fingerprint density at radius 1 is 1.10 bits per heavy atom. The SMILES string of the molecule is N#CC1(NC(=O)[C@@H]2C[C@@H](S(=O)(=O)c3ccc(-n4ccc(C(F)(F)F)n4)cc3Cl)CN2C(=O)C2(C(F)(F)F)CC2)CC1. The molecule has 2 saturated carbocycles. The summed E-state index contributed by atoms with van der Waals surface area (Å²) >= 11 is 6.21. The molecule has 1 aromatic heterocycles. The summed E-state index contributed by atoms with van der Waals surface area (Å²) in [5, 5.41) is 13.2. The lowest BCUT2D eigenvalue weighted by Crippen LogP contribution is -2.53. The van der Waals surface area contributed by atoms with Gasteiger partial charge in [0.25, 0.3) is 0 Å².